The second kappa shape index (κ2) is 24.7. The summed E-state index contributed by atoms with van der Waals surface area (Å²) in [4.78, 5) is 0. The number of rotatable bonds is 12. The van der Waals surface area contributed by atoms with Gasteiger partial charge in [0, 0.05) is 0 Å². The summed E-state index contributed by atoms with van der Waals surface area (Å²) < 4.78 is 22.1. The van der Waals surface area contributed by atoms with Gasteiger partial charge in [-0.15, -0.1) is 0 Å². The minimum Gasteiger partial charge on any atom is -0.508 e. The zero-order valence-corrected chi connectivity index (χ0v) is 33.0. The lowest BCUT2D eigenvalue weighted by Gasteiger charge is -2.05. The van der Waals surface area contributed by atoms with E-state index in [0.717, 1.165) is 45.3 Å². The van der Waals surface area contributed by atoms with E-state index in [9.17, 15) is 0 Å². The maximum Gasteiger partial charge on any atom is 0.120 e. The summed E-state index contributed by atoms with van der Waals surface area (Å²) in [6, 6.07) is 66.8. The SMILES string of the molecule is Oc1ccc(OCc2ccccc2)cc1.Oc1ccc(OCc2ccccc2)cc1.Oc1ccc(OCc2ccccc2)cc1.Oc1ccc(OCc2ccccc2)cc1. The van der Waals surface area contributed by atoms with Crippen LogP contribution in [0.5, 0.6) is 46.0 Å². The largest absolute Gasteiger partial charge is 0.508 e. The van der Waals surface area contributed by atoms with Crippen LogP contribution in [0.25, 0.3) is 0 Å². The molecule has 0 heterocycles. The fourth-order valence-electron chi connectivity index (χ4n) is 5.13. The molecule has 304 valence electrons. The molecule has 0 atom stereocenters. The van der Waals surface area contributed by atoms with E-state index in [1.807, 2.05) is 121 Å². The zero-order chi connectivity index (χ0) is 42.0. The molecule has 0 aliphatic rings. The summed E-state index contributed by atoms with van der Waals surface area (Å²) in [6.07, 6.45) is 0. The number of hydrogen-bond donors (Lipinski definition) is 4. The molecule has 0 aliphatic heterocycles. The molecule has 0 amide bonds. The van der Waals surface area contributed by atoms with Crippen LogP contribution in [0.4, 0.5) is 0 Å². The Morgan fingerprint density at radius 3 is 0.550 bits per heavy atom. The highest BCUT2D eigenvalue weighted by Gasteiger charge is 1.98. The Morgan fingerprint density at radius 2 is 0.383 bits per heavy atom. The Morgan fingerprint density at radius 1 is 0.217 bits per heavy atom. The molecule has 0 bridgehead atoms. The van der Waals surface area contributed by atoms with Crippen molar-refractivity contribution in [2.45, 2.75) is 26.4 Å². The van der Waals surface area contributed by atoms with Crippen LogP contribution in [0.3, 0.4) is 0 Å². The third-order valence-corrected chi connectivity index (χ3v) is 8.34. The molecule has 60 heavy (non-hydrogen) atoms. The van der Waals surface area contributed by atoms with Crippen LogP contribution >= 0.6 is 0 Å². The summed E-state index contributed by atoms with van der Waals surface area (Å²) in [5.74, 6) is 4.05. The molecule has 0 saturated heterocycles. The molecule has 0 aliphatic carbocycles. The zero-order valence-electron chi connectivity index (χ0n) is 33.0. The molecule has 0 radical (unpaired) electrons. The van der Waals surface area contributed by atoms with Gasteiger partial charge in [0.25, 0.3) is 0 Å². The highest BCUT2D eigenvalue weighted by atomic mass is 16.5. The monoisotopic (exact) mass is 800 g/mol. The smallest absolute Gasteiger partial charge is 0.120 e. The van der Waals surface area contributed by atoms with Crippen molar-refractivity contribution in [1.82, 2.24) is 0 Å². The maximum absolute atomic E-state index is 9.09. The Bertz CT molecular complexity index is 1970. The van der Waals surface area contributed by atoms with Gasteiger partial charge in [0.05, 0.1) is 0 Å². The second-order valence-corrected chi connectivity index (χ2v) is 13.1. The van der Waals surface area contributed by atoms with Crippen LogP contribution in [-0.2, 0) is 26.4 Å². The Labute approximate surface area is 351 Å². The number of ether oxygens (including phenoxy) is 4. The van der Waals surface area contributed by atoms with Gasteiger partial charge in [-0.05, 0) is 119 Å². The molecule has 8 heteroatoms. The van der Waals surface area contributed by atoms with Crippen molar-refractivity contribution >= 4 is 0 Å². The third kappa shape index (κ3) is 17.1. The van der Waals surface area contributed by atoms with Crippen molar-refractivity contribution in [3.05, 3.63) is 241 Å². The molecule has 0 saturated carbocycles. The maximum atomic E-state index is 9.09. The quantitative estimate of drug-likeness (QED) is 0.0965. The first-order valence-corrected chi connectivity index (χ1v) is 19.2. The summed E-state index contributed by atoms with van der Waals surface area (Å²) in [7, 11) is 0. The van der Waals surface area contributed by atoms with Crippen LogP contribution < -0.4 is 18.9 Å². The Hall–Kier alpha value is -7.84. The van der Waals surface area contributed by atoms with Gasteiger partial charge in [0.2, 0.25) is 0 Å². The van der Waals surface area contributed by atoms with Gasteiger partial charge in [-0.2, -0.15) is 0 Å². The first-order valence-electron chi connectivity index (χ1n) is 19.2. The Balaban J connectivity index is 0.000000152. The van der Waals surface area contributed by atoms with Gasteiger partial charge in [-0.25, -0.2) is 0 Å². The minimum atomic E-state index is 0.252. The number of aromatic hydroxyl groups is 4. The fraction of sp³-hybridized carbons (Fsp3) is 0.0769. The molecular formula is C52H48O8. The predicted molar refractivity (Wildman–Crippen MR) is 236 cm³/mol. The molecule has 8 nitrogen and oxygen atoms in total. The highest BCUT2D eigenvalue weighted by molar-refractivity contribution is 5.33. The standard InChI is InChI=1S/4C13H12O2/c4*14-12-6-8-13(9-7-12)15-10-11-4-2-1-3-5-11/h4*1-9,14H,10H2. The van der Waals surface area contributed by atoms with Crippen molar-refractivity contribution in [2.24, 2.45) is 0 Å². The molecule has 0 fully saturated rings. The molecule has 0 aromatic heterocycles. The lowest BCUT2D eigenvalue weighted by Crippen LogP contribution is -1.94. The molecule has 8 rings (SSSR count). The van der Waals surface area contributed by atoms with Gasteiger partial charge in [-0.1, -0.05) is 121 Å². The van der Waals surface area contributed by atoms with Gasteiger partial charge in [0.1, 0.15) is 72.4 Å². The molecule has 0 unspecified atom stereocenters. The average molecular weight is 801 g/mol. The van der Waals surface area contributed by atoms with Crippen molar-refractivity contribution in [1.29, 1.82) is 0 Å². The topological polar surface area (TPSA) is 118 Å². The van der Waals surface area contributed by atoms with E-state index >= 15 is 0 Å². The first-order chi connectivity index (χ1) is 29.4. The van der Waals surface area contributed by atoms with Crippen LogP contribution in [0.15, 0.2) is 218 Å². The molecule has 8 aromatic rings. The normalized spacial score (nSPS) is 9.87. The van der Waals surface area contributed by atoms with Gasteiger partial charge in [-0.3, -0.25) is 0 Å². The number of benzene rings is 8. The predicted octanol–water partition coefficient (Wildman–Crippen LogP) is 11.9. The van der Waals surface area contributed by atoms with E-state index in [2.05, 4.69) is 0 Å². The Kier molecular flexibility index (Phi) is 17.8. The van der Waals surface area contributed by atoms with Crippen molar-refractivity contribution in [3.63, 3.8) is 0 Å². The molecule has 4 N–H and O–H groups in total. The molecule has 8 aromatic carbocycles. The van der Waals surface area contributed by atoms with Gasteiger partial charge >= 0.3 is 0 Å². The van der Waals surface area contributed by atoms with E-state index in [4.69, 9.17) is 39.4 Å². The van der Waals surface area contributed by atoms with E-state index in [1.165, 1.54) is 0 Å². The fourth-order valence-corrected chi connectivity index (χ4v) is 5.13. The van der Waals surface area contributed by atoms with Gasteiger partial charge < -0.3 is 39.4 Å². The first kappa shape index (κ1) is 43.3. The third-order valence-electron chi connectivity index (χ3n) is 8.34. The molecule has 0 spiro atoms. The van der Waals surface area contributed by atoms with Crippen molar-refractivity contribution in [3.8, 4) is 46.0 Å². The number of phenols is 4. The van der Waals surface area contributed by atoms with Crippen molar-refractivity contribution < 1.29 is 39.4 Å². The van der Waals surface area contributed by atoms with E-state index in [1.54, 1.807) is 97.1 Å². The lowest BCUT2D eigenvalue weighted by molar-refractivity contribution is 0.305. The van der Waals surface area contributed by atoms with E-state index < -0.39 is 0 Å². The average Bonchev–Trinajstić information content (AvgIpc) is 3.30. The number of hydrogen-bond acceptors (Lipinski definition) is 8. The highest BCUT2D eigenvalue weighted by Crippen LogP contribution is 2.20. The van der Waals surface area contributed by atoms with Crippen LogP contribution in [0.1, 0.15) is 22.3 Å². The summed E-state index contributed by atoms with van der Waals surface area (Å²) in [5.41, 5.74) is 4.52. The summed E-state index contributed by atoms with van der Waals surface area (Å²) in [6.45, 7) is 2.19. The summed E-state index contributed by atoms with van der Waals surface area (Å²) in [5, 5.41) is 36.3. The second-order valence-electron chi connectivity index (χ2n) is 13.1. The van der Waals surface area contributed by atoms with E-state index in [0.29, 0.717) is 26.4 Å². The van der Waals surface area contributed by atoms with Crippen LogP contribution in [0.2, 0.25) is 0 Å². The van der Waals surface area contributed by atoms with Gasteiger partial charge in [0.15, 0.2) is 0 Å². The van der Waals surface area contributed by atoms with Crippen LogP contribution in [0, 0.1) is 0 Å². The summed E-state index contributed by atoms with van der Waals surface area (Å²) >= 11 is 0. The number of phenolic OH excluding ortho intramolecular Hbond substituents is 4. The minimum absolute atomic E-state index is 0.252. The molecular weight excluding hydrogens is 753 g/mol. The van der Waals surface area contributed by atoms with Crippen molar-refractivity contribution in [2.75, 3.05) is 0 Å². The van der Waals surface area contributed by atoms with E-state index in [-0.39, 0.29) is 23.0 Å². The van der Waals surface area contributed by atoms with Crippen LogP contribution in [-0.4, -0.2) is 20.4 Å². The lowest BCUT2D eigenvalue weighted by atomic mass is 10.2.